The second-order valence-electron chi connectivity index (χ2n) is 13.5. The molecule has 0 aromatic heterocycles. The van der Waals surface area contributed by atoms with Gasteiger partial charge in [-0.25, -0.2) is 4.79 Å². The van der Waals surface area contributed by atoms with Crippen molar-refractivity contribution in [2.45, 2.75) is 167 Å². The quantitative estimate of drug-likeness (QED) is 0.0339. The number of esters is 2. The highest BCUT2D eigenvalue weighted by Crippen LogP contribution is 2.13. The Morgan fingerprint density at radius 3 is 1.60 bits per heavy atom. The zero-order valence-corrected chi connectivity index (χ0v) is 29.8. The summed E-state index contributed by atoms with van der Waals surface area (Å²) in [6, 6.07) is -0.609. The van der Waals surface area contributed by atoms with Crippen LogP contribution in [0, 0.1) is 0 Å². The van der Waals surface area contributed by atoms with Gasteiger partial charge in [-0.3, -0.25) is 9.59 Å². The van der Waals surface area contributed by atoms with Crippen LogP contribution in [0.3, 0.4) is 0 Å². The van der Waals surface area contributed by atoms with Crippen LogP contribution < -0.4 is 0 Å². The van der Waals surface area contributed by atoms with Gasteiger partial charge < -0.3 is 23.8 Å². The molecule has 0 aromatic rings. The fourth-order valence-corrected chi connectivity index (χ4v) is 5.26. The van der Waals surface area contributed by atoms with Gasteiger partial charge in [0.15, 0.2) is 12.1 Å². The average Bonchev–Trinajstić information content (AvgIpc) is 2.98. The third kappa shape index (κ3) is 28.1. The summed E-state index contributed by atoms with van der Waals surface area (Å²) in [5.74, 6) is -1.49. The van der Waals surface area contributed by atoms with Crippen molar-refractivity contribution >= 4 is 17.9 Å². The molecule has 0 radical (unpaired) electrons. The fraction of sp³-hybridized carbons (Fsp3) is 0.865. The first-order valence-corrected chi connectivity index (χ1v) is 18.2. The lowest BCUT2D eigenvalue weighted by Gasteiger charge is -2.31. The second-order valence-corrected chi connectivity index (χ2v) is 13.5. The largest absolute Gasteiger partial charge is 0.477 e. The Morgan fingerprint density at radius 1 is 0.644 bits per heavy atom. The number of carbonyl (C=O) groups excluding carboxylic acids is 2. The summed E-state index contributed by atoms with van der Waals surface area (Å²) < 4.78 is 17.1. The monoisotopic (exact) mass is 641 g/mol. The average molecular weight is 641 g/mol. The predicted octanol–water partition coefficient (Wildman–Crippen LogP) is 8.80. The molecule has 8 nitrogen and oxygen atoms in total. The van der Waals surface area contributed by atoms with E-state index in [-0.39, 0.29) is 36.2 Å². The van der Waals surface area contributed by atoms with Gasteiger partial charge in [-0.15, -0.1) is 0 Å². The van der Waals surface area contributed by atoms with E-state index in [9.17, 15) is 19.5 Å². The maximum atomic E-state index is 12.6. The molecule has 8 heteroatoms. The van der Waals surface area contributed by atoms with E-state index in [0.29, 0.717) is 19.3 Å². The molecule has 1 N–H and O–H groups in total. The van der Waals surface area contributed by atoms with Gasteiger partial charge >= 0.3 is 17.9 Å². The summed E-state index contributed by atoms with van der Waals surface area (Å²) in [5, 5.41) is 9.54. The Balaban J connectivity index is 4.37. The summed E-state index contributed by atoms with van der Waals surface area (Å²) >= 11 is 0. The van der Waals surface area contributed by atoms with Crippen molar-refractivity contribution in [2.24, 2.45) is 0 Å². The van der Waals surface area contributed by atoms with E-state index < -0.39 is 18.1 Å². The van der Waals surface area contributed by atoms with Crippen LogP contribution in [0.2, 0.25) is 0 Å². The van der Waals surface area contributed by atoms with Crippen molar-refractivity contribution in [1.82, 2.24) is 0 Å². The Labute approximate surface area is 276 Å². The summed E-state index contributed by atoms with van der Waals surface area (Å²) in [4.78, 5) is 36.5. The number of aliphatic carboxylic acids is 1. The minimum atomic E-state index is -0.877. The molecule has 2 unspecified atom stereocenters. The lowest BCUT2D eigenvalue weighted by atomic mass is 10.1. The molecule has 0 saturated heterocycles. The van der Waals surface area contributed by atoms with Crippen molar-refractivity contribution in [2.75, 3.05) is 41.0 Å². The van der Waals surface area contributed by atoms with Gasteiger partial charge in [0.25, 0.3) is 0 Å². The van der Waals surface area contributed by atoms with E-state index >= 15 is 0 Å². The molecular weight excluding hydrogens is 570 g/mol. The molecule has 0 aliphatic heterocycles. The van der Waals surface area contributed by atoms with Crippen LogP contribution in [0.15, 0.2) is 12.2 Å². The van der Waals surface area contributed by atoms with Gasteiger partial charge in [-0.2, -0.15) is 0 Å². The van der Waals surface area contributed by atoms with E-state index in [1.54, 1.807) is 0 Å². The first-order valence-electron chi connectivity index (χ1n) is 18.2. The van der Waals surface area contributed by atoms with Crippen LogP contribution in [0.1, 0.15) is 155 Å². The van der Waals surface area contributed by atoms with Gasteiger partial charge in [-0.05, 0) is 38.5 Å². The number of carboxylic acid groups (broad SMARTS) is 1. The molecule has 45 heavy (non-hydrogen) atoms. The molecule has 0 aromatic carbocycles. The Bertz CT molecular complexity index is 762. The number of nitrogens with zero attached hydrogens (tertiary/aromatic N) is 1. The molecule has 0 fully saturated rings. The number of carboxylic acids is 1. The molecule has 0 saturated carbocycles. The van der Waals surface area contributed by atoms with E-state index in [4.69, 9.17) is 14.2 Å². The van der Waals surface area contributed by atoms with E-state index in [1.165, 1.54) is 70.6 Å². The molecule has 0 spiro atoms. The number of hydrogen-bond donors (Lipinski definition) is 1. The van der Waals surface area contributed by atoms with Crippen molar-refractivity contribution in [3.63, 3.8) is 0 Å². The molecule has 0 rings (SSSR count). The van der Waals surface area contributed by atoms with Crippen LogP contribution in [0.5, 0.6) is 0 Å². The topological polar surface area (TPSA) is 99.1 Å². The van der Waals surface area contributed by atoms with E-state index in [1.807, 2.05) is 21.1 Å². The first kappa shape index (κ1) is 43.1. The number of ether oxygens (including phenoxy) is 3. The Hall–Kier alpha value is -1.93. The maximum Gasteiger partial charge on any atom is 0.362 e. The minimum absolute atomic E-state index is 0.0511. The predicted molar refractivity (Wildman–Crippen MR) is 183 cm³/mol. The van der Waals surface area contributed by atoms with Crippen molar-refractivity contribution < 1.29 is 38.2 Å². The molecule has 0 heterocycles. The number of likely N-dealkylation sites (N-methyl/N-ethyl adjacent to an activating group) is 1. The molecule has 2 atom stereocenters. The highest BCUT2D eigenvalue weighted by Gasteiger charge is 2.31. The number of carbonyl (C=O) groups is 3. The Kier molecular flexibility index (Phi) is 28.2. The minimum Gasteiger partial charge on any atom is -0.477 e. The third-order valence-corrected chi connectivity index (χ3v) is 8.16. The van der Waals surface area contributed by atoms with Crippen molar-refractivity contribution in [1.29, 1.82) is 0 Å². The summed E-state index contributed by atoms with van der Waals surface area (Å²) in [7, 11) is 5.51. The lowest BCUT2D eigenvalue weighted by molar-refractivity contribution is -0.887. The highest BCUT2D eigenvalue weighted by atomic mass is 16.6. The molecule has 264 valence electrons. The summed E-state index contributed by atoms with van der Waals surface area (Å²) in [6.07, 6.45) is 27.0. The van der Waals surface area contributed by atoms with E-state index in [0.717, 1.165) is 51.4 Å². The zero-order valence-electron chi connectivity index (χ0n) is 29.8. The standard InChI is InChI=1S/C37H69NO7/c1-6-8-10-12-14-15-16-17-18-19-20-21-22-24-26-28-36(40)45-33(31-43-30-29-34(37(41)42)38(3,4)5)32-44-35(39)27-25-23-13-11-9-7-2/h17-18,33-34H,6-16,19-32H2,1-5H3/p+1/b18-17-. The molecule has 0 amide bonds. The number of allylic oxidation sites excluding steroid dienone is 2. The van der Waals surface area contributed by atoms with E-state index in [2.05, 4.69) is 26.0 Å². The zero-order chi connectivity index (χ0) is 33.6. The van der Waals surface area contributed by atoms with Crippen LogP contribution in [-0.4, -0.2) is 80.6 Å². The fourth-order valence-electron chi connectivity index (χ4n) is 5.26. The van der Waals surface area contributed by atoms with Gasteiger partial charge in [-0.1, -0.05) is 109 Å². The number of quaternary nitrogens is 1. The SMILES string of the molecule is CCCCCCCC/C=C\CCCCCCCC(=O)OC(COCCC(C(=O)O)[N+](C)(C)C)COC(=O)CCCCCCCC. The molecular formula is C37H70NO7+. The third-order valence-electron chi connectivity index (χ3n) is 8.16. The number of unbranched alkanes of at least 4 members (excludes halogenated alkanes) is 16. The van der Waals surface area contributed by atoms with Crippen LogP contribution in [0.4, 0.5) is 0 Å². The van der Waals surface area contributed by atoms with Crippen molar-refractivity contribution in [3.8, 4) is 0 Å². The van der Waals surface area contributed by atoms with Gasteiger partial charge in [0.2, 0.25) is 0 Å². The van der Waals surface area contributed by atoms with Crippen molar-refractivity contribution in [3.05, 3.63) is 12.2 Å². The summed E-state index contributed by atoms with van der Waals surface area (Å²) in [5.41, 5.74) is 0. The molecule has 0 bridgehead atoms. The maximum absolute atomic E-state index is 12.6. The highest BCUT2D eigenvalue weighted by molar-refractivity contribution is 5.72. The molecule has 0 aliphatic carbocycles. The van der Waals surface area contributed by atoms with Gasteiger partial charge in [0.05, 0.1) is 34.4 Å². The number of hydrogen-bond acceptors (Lipinski definition) is 6. The van der Waals surface area contributed by atoms with Crippen LogP contribution in [-0.2, 0) is 28.6 Å². The van der Waals surface area contributed by atoms with Gasteiger partial charge in [0.1, 0.15) is 6.61 Å². The normalized spacial score (nSPS) is 13.2. The number of rotatable bonds is 32. The first-order chi connectivity index (χ1) is 21.6. The summed E-state index contributed by atoms with van der Waals surface area (Å²) in [6.45, 7) is 4.65. The smallest absolute Gasteiger partial charge is 0.362 e. The second kappa shape index (κ2) is 29.5. The van der Waals surface area contributed by atoms with Crippen LogP contribution in [0.25, 0.3) is 0 Å². The lowest BCUT2D eigenvalue weighted by Crippen LogP contribution is -2.50. The van der Waals surface area contributed by atoms with Crippen LogP contribution >= 0.6 is 0 Å². The Morgan fingerprint density at radius 2 is 1.11 bits per heavy atom. The van der Waals surface area contributed by atoms with Gasteiger partial charge in [0, 0.05) is 19.3 Å². The molecule has 0 aliphatic rings.